The molecule has 0 amide bonds. The highest BCUT2D eigenvalue weighted by Gasteiger charge is 2.23. The van der Waals surface area contributed by atoms with Crippen molar-refractivity contribution in [3.63, 3.8) is 0 Å². The second-order valence-electron chi connectivity index (χ2n) is 5.38. The van der Waals surface area contributed by atoms with Gasteiger partial charge in [0, 0.05) is 33.9 Å². The van der Waals surface area contributed by atoms with Crippen molar-refractivity contribution in [3.05, 3.63) is 58.4 Å². The molecule has 0 fully saturated rings. The van der Waals surface area contributed by atoms with Gasteiger partial charge in [-0.3, -0.25) is 0 Å². The lowest BCUT2D eigenvalue weighted by atomic mass is 10.1. The summed E-state index contributed by atoms with van der Waals surface area (Å²) in [4.78, 5) is 16.4. The fraction of sp³-hybridized carbons (Fsp3) is 0.167. The Labute approximate surface area is 132 Å². The van der Waals surface area contributed by atoms with E-state index in [1.165, 1.54) is 15.5 Å². The molecule has 0 aliphatic carbocycles. The average Bonchev–Trinajstić information content (AvgIpc) is 2.51. The molecule has 1 aromatic heterocycles. The minimum Gasteiger partial charge on any atom is -0.423 e. The molecule has 3 nitrogen and oxygen atoms in total. The van der Waals surface area contributed by atoms with Crippen molar-refractivity contribution in [1.82, 2.24) is 0 Å². The van der Waals surface area contributed by atoms with E-state index >= 15 is 0 Å². The Balaban J connectivity index is 2.01. The molecule has 3 aromatic rings. The maximum atomic E-state index is 11.6. The number of para-hydroxylation sites is 1. The third-order valence-corrected chi connectivity index (χ3v) is 5.13. The second kappa shape index (κ2) is 4.92. The van der Waals surface area contributed by atoms with E-state index in [-0.39, 0.29) is 5.63 Å². The fourth-order valence-electron chi connectivity index (χ4n) is 2.98. The molecule has 22 heavy (non-hydrogen) atoms. The quantitative estimate of drug-likeness (QED) is 0.609. The maximum Gasteiger partial charge on any atom is 0.336 e. The monoisotopic (exact) mass is 309 g/mol. The molecular weight excluding hydrogens is 294 g/mol. The Kier molecular flexibility index (Phi) is 3.01. The zero-order chi connectivity index (χ0) is 15.3. The smallest absolute Gasteiger partial charge is 0.336 e. The molecule has 1 aliphatic heterocycles. The van der Waals surface area contributed by atoms with Crippen LogP contribution in [0.5, 0.6) is 0 Å². The summed E-state index contributed by atoms with van der Waals surface area (Å²) in [7, 11) is 0. The highest BCUT2D eigenvalue weighted by atomic mass is 32.2. The highest BCUT2D eigenvalue weighted by molar-refractivity contribution is 7.99. The molecule has 0 N–H and O–H groups in total. The van der Waals surface area contributed by atoms with E-state index in [0.717, 1.165) is 23.2 Å². The first-order chi connectivity index (χ1) is 10.7. The van der Waals surface area contributed by atoms with Gasteiger partial charge in [-0.05, 0) is 37.6 Å². The van der Waals surface area contributed by atoms with Gasteiger partial charge in [0.2, 0.25) is 0 Å². The zero-order valence-corrected chi connectivity index (χ0v) is 13.2. The molecule has 110 valence electrons. The van der Waals surface area contributed by atoms with Gasteiger partial charge in [0.25, 0.3) is 0 Å². The predicted molar refractivity (Wildman–Crippen MR) is 90.5 cm³/mol. The van der Waals surface area contributed by atoms with Crippen molar-refractivity contribution in [1.29, 1.82) is 0 Å². The molecular formula is C18H15NO2S. The SMILES string of the molecule is CCN1c2ccccc2Sc2cc3c(C)cc(=O)oc3cc21. The summed E-state index contributed by atoms with van der Waals surface area (Å²) in [6.07, 6.45) is 0. The van der Waals surface area contributed by atoms with Crippen LogP contribution in [0.4, 0.5) is 11.4 Å². The number of rotatable bonds is 1. The van der Waals surface area contributed by atoms with Gasteiger partial charge in [0.05, 0.1) is 11.4 Å². The first-order valence-electron chi connectivity index (χ1n) is 7.30. The van der Waals surface area contributed by atoms with Crippen LogP contribution in [0.1, 0.15) is 12.5 Å². The molecule has 4 heteroatoms. The molecule has 0 saturated carbocycles. The summed E-state index contributed by atoms with van der Waals surface area (Å²) < 4.78 is 5.40. The zero-order valence-electron chi connectivity index (χ0n) is 12.4. The standard InChI is InChI=1S/C18H15NO2S/c1-3-19-13-6-4-5-7-16(13)22-17-9-12-11(2)8-18(20)21-15(12)10-14(17)19/h4-10H,3H2,1-2H3. The maximum absolute atomic E-state index is 11.6. The van der Waals surface area contributed by atoms with Crippen LogP contribution in [-0.2, 0) is 0 Å². The molecule has 0 bridgehead atoms. The van der Waals surface area contributed by atoms with Gasteiger partial charge in [-0.1, -0.05) is 23.9 Å². The molecule has 0 unspecified atom stereocenters. The molecule has 4 rings (SSSR count). The molecule has 1 aliphatic rings. The highest BCUT2D eigenvalue weighted by Crippen LogP contribution is 2.49. The molecule has 2 aromatic carbocycles. The Morgan fingerprint density at radius 1 is 1.09 bits per heavy atom. The van der Waals surface area contributed by atoms with Gasteiger partial charge in [-0.2, -0.15) is 0 Å². The number of fused-ring (bicyclic) bond motifs is 3. The Morgan fingerprint density at radius 2 is 1.91 bits per heavy atom. The predicted octanol–water partition coefficient (Wildman–Crippen LogP) is 4.72. The lowest BCUT2D eigenvalue weighted by Gasteiger charge is -2.32. The van der Waals surface area contributed by atoms with Crippen LogP contribution in [0.3, 0.4) is 0 Å². The second-order valence-corrected chi connectivity index (χ2v) is 6.46. The third kappa shape index (κ3) is 1.95. The first kappa shape index (κ1) is 13.5. The number of hydrogen-bond acceptors (Lipinski definition) is 4. The molecule has 2 heterocycles. The van der Waals surface area contributed by atoms with Gasteiger partial charge in [-0.15, -0.1) is 0 Å². The van der Waals surface area contributed by atoms with Gasteiger partial charge in [0.15, 0.2) is 0 Å². The van der Waals surface area contributed by atoms with Crippen LogP contribution < -0.4 is 10.5 Å². The Hall–Kier alpha value is -2.20. The lowest BCUT2D eigenvalue weighted by molar-refractivity contribution is 0.559. The summed E-state index contributed by atoms with van der Waals surface area (Å²) in [5.41, 5.74) is 3.62. The largest absolute Gasteiger partial charge is 0.423 e. The van der Waals surface area contributed by atoms with E-state index in [1.807, 2.05) is 13.0 Å². The number of nitrogens with zero attached hydrogens (tertiary/aromatic N) is 1. The van der Waals surface area contributed by atoms with Crippen LogP contribution in [0.25, 0.3) is 11.0 Å². The van der Waals surface area contributed by atoms with Crippen molar-refractivity contribution in [2.75, 3.05) is 11.4 Å². The summed E-state index contributed by atoms with van der Waals surface area (Å²) in [5, 5.41) is 1.00. The number of benzene rings is 2. The van der Waals surface area contributed by atoms with Gasteiger partial charge in [-0.25, -0.2) is 4.79 Å². The van der Waals surface area contributed by atoms with Crippen molar-refractivity contribution < 1.29 is 4.42 Å². The number of aryl methyl sites for hydroxylation is 1. The topological polar surface area (TPSA) is 33.5 Å². The van der Waals surface area contributed by atoms with Crippen molar-refractivity contribution in [2.45, 2.75) is 23.6 Å². The van der Waals surface area contributed by atoms with Crippen LogP contribution >= 0.6 is 11.8 Å². The summed E-state index contributed by atoms with van der Waals surface area (Å²) in [5.74, 6) is 0. The van der Waals surface area contributed by atoms with E-state index < -0.39 is 0 Å². The van der Waals surface area contributed by atoms with E-state index in [0.29, 0.717) is 5.58 Å². The summed E-state index contributed by atoms with van der Waals surface area (Å²) >= 11 is 1.77. The molecule has 0 radical (unpaired) electrons. The van der Waals surface area contributed by atoms with Crippen LogP contribution in [0, 0.1) is 6.92 Å². The fourth-order valence-corrected chi connectivity index (χ4v) is 4.10. The minimum atomic E-state index is -0.295. The number of hydrogen-bond donors (Lipinski definition) is 0. The van der Waals surface area contributed by atoms with E-state index in [4.69, 9.17) is 4.42 Å². The van der Waals surface area contributed by atoms with Crippen molar-refractivity contribution in [2.24, 2.45) is 0 Å². The summed E-state index contributed by atoms with van der Waals surface area (Å²) in [6, 6.07) is 14.1. The Bertz CT molecular complexity index is 945. The minimum absolute atomic E-state index is 0.295. The van der Waals surface area contributed by atoms with Gasteiger partial charge in [0.1, 0.15) is 5.58 Å². The summed E-state index contributed by atoms with van der Waals surface area (Å²) in [6.45, 7) is 4.95. The van der Waals surface area contributed by atoms with Crippen molar-refractivity contribution >= 4 is 34.1 Å². The van der Waals surface area contributed by atoms with Crippen LogP contribution in [0.2, 0.25) is 0 Å². The van der Waals surface area contributed by atoms with Crippen LogP contribution in [0.15, 0.2) is 61.5 Å². The normalized spacial score (nSPS) is 13.1. The molecule has 0 atom stereocenters. The van der Waals surface area contributed by atoms with Gasteiger partial charge < -0.3 is 9.32 Å². The number of anilines is 2. The van der Waals surface area contributed by atoms with Crippen molar-refractivity contribution in [3.8, 4) is 0 Å². The van der Waals surface area contributed by atoms with E-state index in [1.54, 1.807) is 17.8 Å². The first-order valence-corrected chi connectivity index (χ1v) is 8.12. The Morgan fingerprint density at radius 3 is 2.73 bits per heavy atom. The van der Waals surface area contributed by atoms with Crippen LogP contribution in [-0.4, -0.2) is 6.54 Å². The molecule has 0 saturated heterocycles. The molecule has 0 spiro atoms. The lowest BCUT2D eigenvalue weighted by Crippen LogP contribution is -2.20. The average molecular weight is 309 g/mol. The third-order valence-electron chi connectivity index (χ3n) is 4.01. The van der Waals surface area contributed by atoms with E-state index in [9.17, 15) is 4.79 Å². The van der Waals surface area contributed by atoms with E-state index in [2.05, 4.69) is 42.2 Å². The van der Waals surface area contributed by atoms with Gasteiger partial charge >= 0.3 is 5.63 Å².